The molecule has 15 nitrogen and oxygen atoms in total. The minimum absolute atomic E-state index is 0.0269. The van der Waals surface area contributed by atoms with Crippen molar-refractivity contribution in [1.82, 2.24) is 30.5 Å². The first kappa shape index (κ1) is 39.2. The van der Waals surface area contributed by atoms with E-state index in [4.69, 9.17) is 14.2 Å². The van der Waals surface area contributed by atoms with E-state index in [-0.39, 0.29) is 31.2 Å². The lowest BCUT2D eigenvalue weighted by molar-refractivity contribution is -0.142. The molecule has 0 radical (unpaired) electrons. The van der Waals surface area contributed by atoms with Gasteiger partial charge < -0.3 is 29.7 Å². The van der Waals surface area contributed by atoms with Crippen molar-refractivity contribution in [3.63, 3.8) is 0 Å². The Morgan fingerprint density at radius 2 is 1.85 bits per heavy atom. The number of hydrogen-bond acceptors (Lipinski definition) is 11. The summed E-state index contributed by atoms with van der Waals surface area (Å²) in [6, 6.07) is 3.08. The monoisotopic (exact) mass is 768 g/mol. The third-order valence-electron chi connectivity index (χ3n) is 11.0. The van der Waals surface area contributed by atoms with Gasteiger partial charge in [0.05, 0.1) is 24.6 Å². The van der Waals surface area contributed by atoms with Crippen LogP contribution in [0.1, 0.15) is 86.5 Å². The summed E-state index contributed by atoms with van der Waals surface area (Å²) >= 11 is 0. The van der Waals surface area contributed by atoms with Crippen LogP contribution in [0.4, 0.5) is 4.79 Å². The predicted octanol–water partition coefficient (Wildman–Crippen LogP) is 3.77. The van der Waals surface area contributed by atoms with Crippen LogP contribution in [0.15, 0.2) is 36.5 Å². The molecular weight excluding hydrogens is 717 g/mol. The van der Waals surface area contributed by atoms with E-state index in [9.17, 15) is 27.6 Å². The number of methoxy groups -OCH3 is 1. The molecule has 0 spiro atoms. The molecule has 3 fully saturated rings. The van der Waals surface area contributed by atoms with Crippen molar-refractivity contribution in [3.05, 3.63) is 36.5 Å². The van der Waals surface area contributed by atoms with Crippen molar-refractivity contribution in [3.8, 4) is 11.5 Å². The summed E-state index contributed by atoms with van der Waals surface area (Å²) in [7, 11) is -2.45. The lowest BCUT2D eigenvalue weighted by atomic mass is 9.88. The van der Waals surface area contributed by atoms with E-state index in [1.165, 1.54) is 11.1 Å². The number of benzene rings is 1. The van der Waals surface area contributed by atoms with E-state index < -0.39 is 73.8 Å². The van der Waals surface area contributed by atoms with Crippen molar-refractivity contribution < 1.29 is 41.8 Å². The van der Waals surface area contributed by atoms with E-state index in [1.54, 1.807) is 53.0 Å². The molecular formula is C38H52N6O9S. The van der Waals surface area contributed by atoms with Gasteiger partial charge >= 0.3 is 6.09 Å². The predicted molar refractivity (Wildman–Crippen MR) is 199 cm³/mol. The van der Waals surface area contributed by atoms with Crippen LogP contribution < -0.4 is 24.8 Å². The van der Waals surface area contributed by atoms with Gasteiger partial charge in [-0.1, -0.05) is 26.0 Å². The second kappa shape index (κ2) is 14.6. The Bertz CT molecular complexity index is 1940. The Hall–Kier alpha value is -4.47. The number of nitrogens with one attached hydrogen (secondary N) is 3. The summed E-state index contributed by atoms with van der Waals surface area (Å²) in [5.41, 5.74) is -1.83. The summed E-state index contributed by atoms with van der Waals surface area (Å²) in [6.07, 6.45) is 6.95. The van der Waals surface area contributed by atoms with Gasteiger partial charge in [-0.3, -0.25) is 19.1 Å². The molecule has 54 heavy (non-hydrogen) atoms. The lowest BCUT2D eigenvalue weighted by Gasteiger charge is -2.33. The first-order valence-corrected chi connectivity index (χ1v) is 20.1. The number of amides is 4. The molecule has 3 N–H and O–H groups in total. The fraction of sp³-hybridized carbons (Fsp3) is 0.632. The number of fused-ring (bicyclic) bond motifs is 3. The summed E-state index contributed by atoms with van der Waals surface area (Å²) in [5, 5.41) is 14.6. The third-order valence-corrected chi connectivity index (χ3v) is 13.2. The third kappa shape index (κ3) is 8.27. The van der Waals surface area contributed by atoms with Gasteiger partial charge in [-0.25, -0.2) is 13.2 Å². The molecule has 2 aliphatic heterocycles. The molecule has 0 bridgehead atoms. The zero-order valence-electron chi connectivity index (χ0n) is 32.0. The molecule has 4 aliphatic rings. The van der Waals surface area contributed by atoms with Gasteiger partial charge in [0.2, 0.25) is 21.8 Å². The number of carbonyl (C=O) groups excluding carboxylic acids is 4. The maximum absolute atomic E-state index is 14.7. The summed E-state index contributed by atoms with van der Waals surface area (Å²) in [4.78, 5) is 57.6. The minimum Gasteiger partial charge on any atom is -0.497 e. The Kier molecular flexibility index (Phi) is 10.6. The summed E-state index contributed by atoms with van der Waals surface area (Å²) < 4.78 is 44.9. The Morgan fingerprint density at radius 1 is 1.11 bits per heavy atom. The van der Waals surface area contributed by atoms with Crippen LogP contribution in [0.2, 0.25) is 0 Å². The number of carbonyl (C=O) groups is 4. The molecule has 1 aromatic carbocycles. The van der Waals surface area contributed by atoms with E-state index in [0.717, 1.165) is 6.42 Å². The Balaban J connectivity index is 1.35. The second-order valence-corrected chi connectivity index (χ2v) is 18.9. The molecule has 7 atom stereocenters. The largest absolute Gasteiger partial charge is 0.497 e. The fourth-order valence-electron chi connectivity index (χ4n) is 7.45. The molecule has 2 aliphatic carbocycles. The molecule has 1 aromatic heterocycles. The highest BCUT2D eigenvalue weighted by atomic mass is 32.2. The topological polar surface area (TPSA) is 195 Å². The van der Waals surface area contributed by atoms with Crippen LogP contribution in [0.25, 0.3) is 10.9 Å². The number of rotatable bonds is 7. The van der Waals surface area contributed by atoms with Crippen molar-refractivity contribution >= 4 is 44.7 Å². The van der Waals surface area contributed by atoms with Crippen molar-refractivity contribution in [2.45, 2.75) is 121 Å². The number of aromatic nitrogens is 2. The number of ether oxygens (including phenoxy) is 3. The van der Waals surface area contributed by atoms with E-state index in [0.29, 0.717) is 48.1 Å². The standard InChI is InChI=1S/C38H52N6O9S/c1-22-10-8-9-11-24-19-38(24,34(47)43-54(49,50)37(6)14-15-37)41-32(45)29-18-26(52-30-20-39-42-28-17-25(51-7)12-13-27(28)30)21-44(29)33(46)31(23(2)16-22)40-35(48)53-36(3,4)5/h9,11-13,17,20,22-24,26,29,31H,8,10,14-16,18-19,21H2,1-7H3,(H,40,48)(H,41,45)(H,43,47)/b11-9-/t22-,23-,24-,26-,29+,31+,38-/m1/s1. The second-order valence-electron chi connectivity index (χ2n) is 16.7. The minimum atomic E-state index is -4.00. The molecule has 2 saturated carbocycles. The van der Waals surface area contributed by atoms with Crippen molar-refractivity contribution in [1.29, 1.82) is 0 Å². The molecule has 16 heteroatoms. The van der Waals surface area contributed by atoms with Crippen LogP contribution in [0.3, 0.4) is 0 Å². The van der Waals surface area contributed by atoms with Crippen LogP contribution >= 0.6 is 0 Å². The van der Waals surface area contributed by atoms with Crippen molar-refractivity contribution in [2.24, 2.45) is 17.8 Å². The number of nitrogens with zero attached hydrogens (tertiary/aromatic N) is 3. The fourth-order valence-corrected chi connectivity index (χ4v) is 8.76. The van der Waals surface area contributed by atoms with Gasteiger partial charge in [0, 0.05) is 23.8 Å². The molecule has 294 valence electrons. The number of allylic oxidation sites excluding steroid dienone is 1. The Labute approximate surface area is 316 Å². The highest BCUT2D eigenvalue weighted by Crippen LogP contribution is 2.47. The van der Waals surface area contributed by atoms with Gasteiger partial charge in [-0.15, -0.1) is 0 Å². The SMILES string of the molecule is COc1ccc2c(O[C@@H]3C[C@H]4C(=O)N[C@]5(C(=O)NS(=O)(=O)C6(C)CC6)C[C@H]5/C=C\CC[C@@H](C)C[C@@H](C)[C@H](NC(=O)OC(C)(C)C)C(=O)N4C3)cnnc2c1. The average Bonchev–Trinajstić information content (AvgIpc) is 3.97. The van der Waals surface area contributed by atoms with Crippen LogP contribution in [-0.4, -0.2) is 95.1 Å². The quantitative estimate of drug-likeness (QED) is 0.347. The van der Waals surface area contributed by atoms with E-state index in [1.807, 2.05) is 19.1 Å². The zero-order chi connectivity index (χ0) is 39.2. The molecule has 3 heterocycles. The summed E-state index contributed by atoms with van der Waals surface area (Å²) in [5.74, 6) is -1.62. The van der Waals surface area contributed by atoms with Crippen LogP contribution in [-0.2, 0) is 29.1 Å². The highest BCUT2D eigenvalue weighted by molar-refractivity contribution is 7.91. The smallest absolute Gasteiger partial charge is 0.408 e. The van der Waals surface area contributed by atoms with Crippen molar-refractivity contribution in [2.75, 3.05) is 13.7 Å². The van der Waals surface area contributed by atoms with E-state index >= 15 is 0 Å². The first-order valence-electron chi connectivity index (χ1n) is 18.7. The number of sulfonamides is 1. The highest BCUT2D eigenvalue weighted by Gasteiger charge is 2.63. The number of alkyl carbamates (subject to hydrolysis) is 1. The van der Waals surface area contributed by atoms with Crippen LogP contribution in [0, 0.1) is 17.8 Å². The van der Waals surface area contributed by atoms with Gasteiger partial charge in [-0.05, 0) is 90.2 Å². The molecule has 6 rings (SSSR count). The molecule has 4 amide bonds. The zero-order valence-corrected chi connectivity index (χ0v) is 32.8. The molecule has 1 saturated heterocycles. The lowest BCUT2D eigenvalue weighted by Crippen LogP contribution is -2.59. The van der Waals surface area contributed by atoms with Gasteiger partial charge in [0.1, 0.15) is 46.3 Å². The molecule has 2 aromatic rings. The maximum Gasteiger partial charge on any atom is 0.408 e. The summed E-state index contributed by atoms with van der Waals surface area (Å²) in [6.45, 7) is 10.7. The van der Waals surface area contributed by atoms with Gasteiger partial charge in [0.15, 0.2) is 0 Å². The van der Waals surface area contributed by atoms with E-state index in [2.05, 4.69) is 32.5 Å². The first-order chi connectivity index (χ1) is 25.3. The number of hydrogen-bond donors (Lipinski definition) is 3. The normalized spacial score (nSPS) is 30.4. The maximum atomic E-state index is 14.7. The van der Waals surface area contributed by atoms with Gasteiger partial charge in [0.25, 0.3) is 5.91 Å². The average molecular weight is 769 g/mol. The van der Waals surface area contributed by atoms with Gasteiger partial charge in [-0.2, -0.15) is 10.2 Å². The Morgan fingerprint density at radius 3 is 2.54 bits per heavy atom. The molecule has 0 unspecified atom stereocenters. The van der Waals surface area contributed by atoms with Crippen LogP contribution in [0.5, 0.6) is 11.5 Å².